The molecular formula is C9H15BN. The van der Waals surface area contributed by atoms with Gasteiger partial charge in [-0.3, -0.25) is 0 Å². The van der Waals surface area contributed by atoms with Gasteiger partial charge in [0.05, 0.1) is 0 Å². The van der Waals surface area contributed by atoms with Crippen molar-refractivity contribution < 1.29 is 0 Å². The first kappa shape index (κ1) is 6.53. The highest BCUT2D eigenvalue weighted by atomic mass is 14.7. The first-order valence-electron chi connectivity index (χ1n) is 4.88. The van der Waals surface area contributed by atoms with Crippen molar-refractivity contribution in [2.45, 2.75) is 43.4 Å². The van der Waals surface area contributed by atoms with Crippen LogP contribution < -0.4 is 5.73 Å². The molecule has 1 nitrogen and oxygen atoms in total. The van der Waals surface area contributed by atoms with E-state index in [-0.39, 0.29) is 5.44 Å². The van der Waals surface area contributed by atoms with E-state index in [2.05, 4.69) is 7.28 Å². The molecule has 2 heteroatoms. The number of hydrogen-bond donors (Lipinski definition) is 1. The third-order valence-corrected chi connectivity index (χ3v) is 3.84. The summed E-state index contributed by atoms with van der Waals surface area (Å²) in [6.45, 7) is 0. The van der Waals surface area contributed by atoms with Crippen LogP contribution >= 0.6 is 0 Å². The van der Waals surface area contributed by atoms with Gasteiger partial charge in [-0.1, -0.05) is 18.7 Å². The molecule has 2 atom stereocenters. The van der Waals surface area contributed by atoms with E-state index in [1.54, 1.807) is 0 Å². The van der Waals surface area contributed by atoms with Gasteiger partial charge in [0.1, 0.15) is 7.28 Å². The molecule has 0 aromatic heterocycles. The van der Waals surface area contributed by atoms with Crippen LogP contribution in [0, 0.1) is 11.8 Å². The summed E-state index contributed by atoms with van der Waals surface area (Å²) in [5.41, 5.74) is 6.44. The summed E-state index contributed by atoms with van der Waals surface area (Å²) in [5.74, 6) is 2.87. The summed E-state index contributed by atoms with van der Waals surface area (Å²) in [4.78, 5) is 0. The zero-order valence-corrected chi connectivity index (χ0v) is 6.92. The Morgan fingerprint density at radius 2 is 1.73 bits per heavy atom. The molecule has 2 unspecified atom stereocenters. The largest absolute Gasteiger partial charge is 0.332 e. The van der Waals surface area contributed by atoms with Gasteiger partial charge < -0.3 is 5.73 Å². The van der Waals surface area contributed by atoms with E-state index < -0.39 is 0 Å². The molecule has 0 spiro atoms. The van der Waals surface area contributed by atoms with Crippen molar-refractivity contribution in [1.29, 1.82) is 0 Å². The van der Waals surface area contributed by atoms with Crippen LogP contribution in [-0.2, 0) is 0 Å². The van der Waals surface area contributed by atoms with E-state index >= 15 is 0 Å². The molecule has 0 amide bonds. The smallest absolute Gasteiger partial charge is 0.140 e. The van der Waals surface area contributed by atoms with Gasteiger partial charge in [-0.05, 0) is 36.5 Å². The highest BCUT2D eigenvalue weighted by molar-refractivity contribution is 6.43. The van der Waals surface area contributed by atoms with Gasteiger partial charge in [0, 0.05) is 0 Å². The quantitative estimate of drug-likeness (QED) is 0.515. The maximum Gasteiger partial charge on any atom is 0.140 e. The number of hydrogen-bond acceptors (Lipinski definition) is 1. The topological polar surface area (TPSA) is 26.0 Å². The number of nitrogens with two attached hydrogens (primary N) is 1. The fourth-order valence-corrected chi connectivity index (χ4v) is 3.85. The first-order valence-corrected chi connectivity index (χ1v) is 4.88. The van der Waals surface area contributed by atoms with E-state index in [4.69, 9.17) is 5.73 Å². The normalized spacial score (nSPS) is 59.5. The summed E-state index contributed by atoms with van der Waals surface area (Å²) in [6, 6.07) is 0. The molecule has 2 aliphatic heterocycles. The van der Waals surface area contributed by atoms with Crippen LogP contribution in [0.5, 0.6) is 0 Å². The van der Waals surface area contributed by atoms with Gasteiger partial charge >= 0.3 is 0 Å². The lowest BCUT2D eigenvalue weighted by molar-refractivity contribution is 0.126. The van der Waals surface area contributed by atoms with Crippen molar-refractivity contribution in [2.75, 3.05) is 0 Å². The summed E-state index contributed by atoms with van der Waals surface area (Å²) >= 11 is 0. The van der Waals surface area contributed by atoms with Crippen molar-refractivity contribution >= 4 is 7.28 Å². The third kappa shape index (κ3) is 0.884. The van der Waals surface area contributed by atoms with Crippen LogP contribution in [0.1, 0.15) is 32.1 Å². The standard InChI is InChI=1S/C9H15BN/c11-9-4-6-1-7(5-9)3-8(2-6)10-9/h6-8H,1-5,11H2. The molecule has 4 fully saturated rings. The maximum absolute atomic E-state index is 6.27. The lowest BCUT2D eigenvalue weighted by atomic mass is 9.33. The molecule has 4 aliphatic rings. The second-order valence-electron chi connectivity index (χ2n) is 5.01. The zero-order valence-electron chi connectivity index (χ0n) is 6.92. The van der Waals surface area contributed by atoms with Crippen LogP contribution in [0.4, 0.5) is 0 Å². The molecule has 4 rings (SSSR count). The van der Waals surface area contributed by atoms with Gasteiger partial charge in [0.25, 0.3) is 0 Å². The molecule has 2 saturated carbocycles. The van der Waals surface area contributed by atoms with Gasteiger partial charge in [-0.25, -0.2) is 0 Å². The van der Waals surface area contributed by atoms with E-state index in [1.165, 1.54) is 32.1 Å². The predicted molar refractivity (Wildman–Crippen MR) is 46.5 cm³/mol. The van der Waals surface area contributed by atoms with Gasteiger partial charge in [0.2, 0.25) is 0 Å². The minimum absolute atomic E-state index is 0.175. The Hall–Kier alpha value is 0.0249. The lowest BCUT2D eigenvalue weighted by Gasteiger charge is -2.54. The molecule has 2 heterocycles. The van der Waals surface area contributed by atoms with Gasteiger partial charge in [0.15, 0.2) is 0 Å². The van der Waals surface area contributed by atoms with E-state index in [9.17, 15) is 0 Å². The zero-order chi connectivity index (χ0) is 7.47. The summed E-state index contributed by atoms with van der Waals surface area (Å²) in [6.07, 6.45) is 6.98. The van der Waals surface area contributed by atoms with Crippen LogP contribution in [0.15, 0.2) is 0 Å². The molecule has 2 saturated heterocycles. The van der Waals surface area contributed by atoms with E-state index in [0.717, 1.165) is 17.7 Å². The third-order valence-electron chi connectivity index (χ3n) is 3.84. The first-order chi connectivity index (χ1) is 5.23. The fourth-order valence-electron chi connectivity index (χ4n) is 3.85. The van der Waals surface area contributed by atoms with Crippen LogP contribution in [0.2, 0.25) is 5.82 Å². The van der Waals surface area contributed by atoms with E-state index in [1.807, 2.05) is 0 Å². The maximum atomic E-state index is 6.27. The Kier molecular flexibility index (Phi) is 1.10. The second kappa shape index (κ2) is 1.85. The van der Waals surface area contributed by atoms with Crippen molar-refractivity contribution in [3.8, 4) is 0 Å². The molecule has 1 radical (unpaired) electrons. The molecular weight excluding hydrogens is 133 g/mol. The Morgan fingerprint density at radius 3 is 2.18 bits per heavy atom. The van der Waals surface area contributed by atoms with Crippen molar-refractivity contribution in [3.63, 3.8) is 0 Å². The van der Waals surface area contributed by atoms with E-state index in [0.29, 0.717) is 0 Å². The Morgan fingerprint density at radius 1 is 1.09 bits per heavy atom. The fraction of sp³-hybridized carbons (Fsp3) is 1.00. The minimum Gasteiger partial charge on any atom is -0.332 e. The Balaban J connectivity index is 1.94. The lowest BCUT2D eigenvalue weighted by Crippen LogP contribution is -2.59. The molecule has 0 aromatic rings. The van der Waals surface area contributed by atoms with Crippen LogP contribution in [0.3, 0.4) is 0 Å². The van der Waals surface area contributed by atoms with Crippen LogP contribution in [-0.4, -0.2) is 12.7 Å². The molecule has 2 N–H and O–H groups in total. The molecule has 2 aliphatic carbocycles. The monoisotopic (exact) mass is 148 g/mol. The van der Waals surface area contributed by atoms with Gasteiger partial charge in [-0.15, -0.1) is 0 Å². The molecule has 4 bridgehead atoms. The molecule has 59 valence electrons. The summed E-state index contributed by atoms with van der Waals surface area (Å²) in [5, 5.41) is 0. The SMILES string of the molecule is NC12[B]C3CC(CC(C3)C1)C2. The molecule has 0 aromatic carbocycles. The summed E-state index contributed by atoms with van der Waals surface area (Å²) in [7, 11) is 2.46. The minimum atomic E-state index is 0.175. The van der Waals surface area contributed by atoms with Gasteiger partial charge in [-0.2, -0.15) is 0 Å². The average molecular weight is 148 g/mol. The average Bonchev–Trinajstić information content (AvgIpc) is 1.79. The van der Waals surface area contributed by atoms with Crippen LogP contribution in [0.25, 0.3) is 0 Å². The number of rotatable bonds is 0. The van der Waals surface area contributed by atoms with Crippen molar-refractivity contribution in [1.82, 2.24) is 0 Å². The Bertz CT molecular complexity index is 155. The highest BCUT2D eigenvalue weighted by Crippen LogP contribution is 2.53. The predicted octanol–water partition coefficient (Wildman–Crippen LogP) is 1.36. The summed E-state index contributed by atoms with van der Waals surface area (Å²) < 4.78 is 0. The Labute approximate surface area is 69.0 Å². The highest BCUT2D eigenvalue weighted by Gasteiger charge is 2.49. The van der Waals surface area contributed by atoms with Crippen molar-refractivity contribution in [3.05, 3.63) is 0 Å². The molecule has 11 heavy (non-hydrogen) atoms. The second-order valence-corrected chi connectivity index (χ2v) is 5.01. The van der Waals surface area contributed by atoms with Crippen molar-refractivity contribution in [2.24, 2.45) is 17.6 Å².